The van der Waals surface area contributed by atoms with Gasteiger partial charge in [0.2, 0.25) is 0 Å². The van der Waals surface area contributed by atoms with E-state index in [1.165, 1.54) is 11.0 Å². The van der Waals surface area contributed by atoms with Crippen molar-refractivity contribution in [3.05, 3.63) is 82.7 Å². The molecule has 2 aromatic carbocycles. The van der Waals surface area contributed by atoms with Gasteiger partial charge in [-0.1, -0.05) is 25.1 Å². The summed E-state index contributed by atoms with van der Waals surface area (Å²) in [4.78, 5) is 41.0. The van der Waals surface area contributed by atoms with Crippen molar-refractivity contribution in [1.29, 1.82) is 0 Å². The Morgan fingerprint density at radius 2 is 1.72 bits per heavy atom. The molecule has 1 saturated heterocycles. The number of carbonyl (C=O) groups excluding carboxylic acids is 2. The van der Waals surface area contributed by atoms with E-state index in [1.54, 1.807) is 45.2 Å². The van der Waals surface area contributed by atoms with Gasteiger partial charge < -0.3 is 19.4 Å². The maximum Gasteiger partial charge on any atom is 0.416 e. The summed E-state index contributed by atoms with van der Waals surface area (Å²) >= 11 is 0. The van der Waals surface area contributed by atoms with Crippen molar-refractivity contribution in [1.82, 2.24) is 19.8 Å². The van der Waals surface area contributed by atoms with Gasteiger partial charge in [-0.15, -0.1) is 0 Å². The number of likely N-dealkylation sites (N-methyl/N-ethyl adjacent to an activating group) is 1. The standard InChI is InChI=1S/C38H44F3N5O4/c1-6-44-15-17-45(18-16-44)23-27-8-7-25(20-30(27)38(39,40)41)21-33(47)31-12-10-26-9-11-28(22-32(26)46(31)36(48)50-37(3,4)5)49-34-13-14-42-35-29(34)19-24(2)43-35/h7-9,11,13-14,19-20,22,31H,6,10,12,15-18,21,23H2,1-5H3,(H,42,43). The van der Waals surface area contributed by atoms with E-state index in [9.17, 15) is 22.8 Å². The fourth-order valence-corrected chi connectivity index (χ4v) is 6.78. The van der Waals surface area contributed by atoms with Gasteiger partial charge in [-0.05, 0) is 88.0 Å². The van der Waals surface area contributed by atoms with E-state index in [2.05, 4.69) is 21.8 Å². The Labute approximate surface area is 290 Å². The summed E-state index contributed by atoms with van der Waals surface area (Å²) < 4.78 is 55.1. The van der Waals surface area contributed by atoms with Crippen molar-refractivity contribution in [2.24, 2.45) is 0 Å². The summed E-state index contributed by atoms with van der Waals surface area (Å²) in [7, 11) is 0. The smallest absolute Gasteiger partial charge is 0.416 e. The molecule has 1 amide bonds. The minimum Gasteiger partial charge on any atom is -0.456 e. The van der Waals surface area contributed by atoms with Gasteiger partial charge in [-0.25, -0.2) is 9.78 Å². The van der Waals surface area contributed by atoms with Crippen molar-refractivity contribution in [2.45, 2.75) is 78.2 Å². The third-order valence-electron chi connectivity index (χ3n) is 9.30. The predicted octanol–water partition coefficient (Wildman–Crippen LogP) is 7.69. The maximum absolute atomic E-state index is 14.4. The molecule has 0 saturated carbocycles. The number of alkyl halides is 3. The van der Waals surface area contributed by atoms with Gasteiger partial charge in [0.05, 0.1) is 22.7 Å². The largest absolute Gasteiger partial charge is 0.456 e. The number of carbonyl (C=O) groups is 2. The van der Waals surface area contributed by atoms with E-state index in [0.29, 0.717) is 48.8 Å². The number of amides is 1. The summed E-state index contributed by atoms with van der Waals surface area (Å²) in [5.74, 6) is 0.639. The highest BCUT2D eigenvalue weighted by atomic mass is 19.4. The normalized spacial score (nSPS) is 17.5. The Morgan fingerprint density at radius 1 is 0.980 bits per heavy atom. The van der Waals surface area contributed by atoms with Crippen LogP contribution >= 0.6 is 0 Å². The molecule has 9 nitrogen and oxygen atoms in total. The number of aromatic amines is 1. The topological polar surface area (TPSA) is 91.0 Å². The molecule has 0 bridgehead atoms. The van der Waals surface area contributed by atoms with E-state index in [0.717, 1.165) is 42.3 Å². The van der Waals surface area contributed by atoms with Crippen molar-refractivity contribution < 1.29 is 32.2 Å². The molecule has 1 unspecified atom stereocenters. The number of rotatable bonds is 8. The van der Waals surface area contributed by atoms with Crippen LogP contribution in [0.2, 0.25) is 0 Å². The quantitative estimate of drug-likeness (QED) is 0.203. The number of ether oxygens (including phenoxy) is 2. The van der Waals surface area contributed by atoms with Crippen molar-refractivity contribution in [2.75, 3.05) is 37.6 Å². The van der Waals surface area contributed by atoms with E-state index in [-0.39, 0.29) is 29.9 Å². The van der Waals surface area contributed by atoms with Gasteiger partial charge in [0.1, 0.15) is 22.7 Å². The molecule has 0 radical (unpaired) electrons. The number of nitrogens with zero attached hydrogens (tertiary/aromatic N) is 4. The third-order valence-corrected chi connectivity index (χ3v) is 9.30. The third kappa shape index (κ3) is 7.97. The van der Waals surface area contributed by atoms with Crippen LogP contribution in [-0.4, -0.2) is 76.0 Å². The summed E-state index contributed by atoms with van der Waals surface area (Å²) in [5.41, 5.74) is 1.74. The number of aryl methyl sites for hydroxylation is 2. The number of nitrogens with one attached hydrogen (secondary N) is 1. The lowest BCUT2D eigenvalue weighted by Crippen LogP contribution is -2.50. The lowest BCUT2D eigenvalue weighted by atomic mass is 9.90. The summed E-state index contributed by atoms with van der Waals surface area (Å²) in [6.45, 7) is 13.3. The van der Waals surface area contributed by atoms with Crippen LogP contribution in [-0.2, 0) is 35.1 Å². The second kappa shape index (κ2) is 14.1. The fourth-order valence-electron chi connectivity index (χ4n) is 6.78. The molecule has 1 atom stereocenters. The van der Waals surface area contributed by atoms with Gasteiger partial charge in [0.25, 0.3) is 0 Å². The van der Waals surface area contributed by atoms with E-state index in [1.807, 2.05) is 30.0 Å². The number of Topliss-reactive ketones (excluding diaryl/α,β-unsaturated/α-hetero) is 1. The summed E-state index contributed by atoms with van der Waals surface area (Å²) in [6.07, 6.45) is -3.14. The minimum atomic E-state index is -4.58. The van der Waals surface area contributed by atoms with Gasteiger partial charge >= 0.3 is 12.3 Å². The van der Waals surface area contributed by atoms with Gasteiger partial charge in [0, 0.05) is 57.1 Å². The number of fused-ring (bicyclic) bond motifs is 2. The van der Waals surface area contributed by atoms with Crippen LogP contribution in [0.15, 0.2) is 54.7 Å². The molecule has 50 heavy (non-hydrogen) atoms. The summed E-state index contributed by atoms with van der Waals surface area (Å²) in [5, 5.41) is 0.795. The molecular formula is C38H44F3N5O4. The first-order valence-corrected chi connectivity index (χ1v) is 17.1. The molecule has 2 aromatic heterocycles. The Morgan fingerprint density at radius 3 is 2.42 bits per heavy atom. The number of piperazine rings is 1. The van der Waals surface area contributed by atoms with Crippen LogP contribution in [0.4, 0.5) is 23.7 Å². The van der Waals surface area contributed by atoms with Crippen molar-refractivity contribution in [3.63, 3.8) is 0 Å². The van der Waals surface area contributed by atoms with Crippen molar-refractivity contribution >= 4 is 28.6 Å². The number of ketones is 1. The molecule has 12 heteroatoms. The van der Waals surface area contributed by atoms with Crippen LogP contribution in [0.25, 0.3) is 11.0 Å². The van der Waals surface area contributed by atoms with Crippen LogP contribution < -0.4 is 9.64 Å². The van der Waals surface area contributed by atoms with Crippen LogP contribution in [0, 0.1) is 6.92 Å². The zero-order chi connectivity index (χ0) is 35.8. The van der Waals surface area contributed by atoms with Crippen molar-refractivity contribution in [3.8, 4) is 11.5 Å². The van der Waals surface area contributed by atoms with Crippen LogP contribution in [0.5, 0.6) is 11.5 Å². The monoisotopic (exact) mass is 691 g/mol. The number of aromatic nitrogens is 2. The number of hydrogen-bond donors (Lipinski definition) is 1. The highest BCUT2D eigenvalue weighted by Gasteiger charge is 2.39. The van der Waals surface area contributed by atoms with E-state index in [4.69, 9.17) is 9.47 Å². The number of hydrogen-bond acceptors (Lipinski definition) is 7. The Bertz CT molecular complexity index is 1870. The average molecular weight is 692 g/mol. The Hall–Kier alpha value is -4.42. The molecular weight excluding hydrogens is 647 g/mol. The molecule has 6 rings (SSSR count). The molecule has 2 aliphatic rings. The second-order valence-corrected chi connectivity index (χ2v) is 14.2. The second-order valence-electron chi connectivity index (χ2n) is 14.2. The van der Waals surface area contributed by atoms with E-state index >= 15 is 0 Å². The molecule has 4 aromatic rings. The van der Waals surface area contributed by atoms with Crippen LogP contribution in [0.3, 0.4) is 0 Å². The van der Waals surface area contributed by atoms with Gasteiger partial charge in [-0.2, -0.15) is 13.2 Å². The first-order valence-electron chi connectivity index (χ1n) is 17.1. The number of pyridine rings is 1. The number of halogens is 3. The number of benzene rings is 2. The highest BCUT2D eigenvalue weighted by molar-refractivity contribution is 6.00. The zero-order valence-corrected chi connectivity index (χ0v) is 29.2. The molecule has 0 aliphatic carbocycles. The highest BCUT2D eigenvalue weighted by Crippen LogP contribution is 2.39. The lowest BCUT2D eigenvalue weighted by molar-refractivity contribution is -0.138. The lowest BCUT2D eigenvalue weighted by Gasteiger charge is -2.37. The van der Waals surface area contributed by atoms with Gasteiger partial charge in [-0.3, -0.25) is 14.6 Å². The summed E-state index contributed by atoms with van der Waals surface area (Å²) in [6, 6.07) is 12.3. The number of anilines is 1. The molecule has 0 spiro atoms. The fraction of sp³-hybridized carbons (Fsp3) is 0.447. The first kappa shape index (κ1) is 35.4. The zero-order valence-electron chi connectivity index (χ0n) is 29.2. The SMILES string of the molecule is CCN1CCN(Cc2ccc(CC(=O)C3CCc4ccc(Oc5ccnc6[nH]c(C)cc56)cc4N3C(=O)OC(C)(C)C)cc2C(F)(F)F)CC1. The molecule has 2 aliphatic heterocycles. The van der Waals surface area contributed by atoms with E-state index < -0.39 is 29.5 Å². The minimum absolute atomic E-state index is 0.186. The average Bonchev–Trinajstić information content (AvgIpc) is 3.45. The molecule has 1 fully saturated rings. The molecule has 4 heterocycles. The predicted molar refractivity (Wildman–Crippen MR) is 186 cm³/mol. The first-order chi connectivity index (χ1) is 23.7. The Balaban J connectivity index is 1.27. The number of H-pyrrole nitrogens is 1. The van der Waals surface area contributed by atoms with Crippen LogP contribution in [0.1, 0.15) is 62.1 Å². The Kier molecular flexibility index (Phi) is 9.96. The maximum atomic E-state index is 14.4. The van der Waals surface area contributed by atoms with Gasteiger partial charge in [0.15, 0.2) is 5.78 Å². The molecule has 266 valence electrons. The molecule has 1 N–H and O–H groups in total.